The van der Waals surface area contributed by atoms with E-state index in [1.807, 2.05) is 0 Å². The summed E-state index contributed by atoms with van der Waals surface area (Å²) in [5.74, 6) is -0.867. The molecule has 78 heavy (non-hydrogen) atoms. The Kier molecular flexibility index (Phi) is 63.2. The molecular weight excluding hydrogens is 961 g/mol. The molecule has 0 N–H and O–H groups in total. The molecule has 0 heterocycles. The van der Waals surface area contributed by atoms with Gasteiger partial charge in [-0.3, -0.25) is 14.4 Å². The summed E-state index contributed by atoms with van der Waals surface area (Å²) >= 11 is 0. The van der Waals surface area contributed by atoms with Gasteiger partial charge in [-0.1, -0.05) is 305 Å². The van der Waals surface area contributed by atoms with Crippen molar-refractivity contribution in [3.8, 4) is 0 Å². The number of ether oxygens (including phenoxy) is 3. The van der Waals surface area contributed by atoms with Crippen molar-refractivity contribution in [1.29, 1.82) is 0 Å². The quantitative estimate of drug-likeness (QED) is 0.0261. The average Bonchev–Trinajstić information content (AvgIpc) is 3.44. The highest BCUT2D eigenvalue weighted by molar-refractivity contribution is 5.71. The number of allylic oxidation sites excluding steroid dienone is 14. The Labute approximate surface area is 484 Å². The molecule has 0 bridgehead atoms. The Balaban J connectivity index is 4.15. The number of esters is 3. The maximum Gasteiger partial charge on any atom is 0.306 e. The molecule has 6 nitrogen and oxygen atoms in total. The van der Waals surface area contributed by atoms with Gasteiger partial charge in [0.2, 0.25) is 0 Å². The lowest BCUT2D eigenvalue weighted by Gasteiger charge is -2.18. The summed E-state index contributed by atoms with van der Waals surface area (Å²) in [4.78, 5) is 38.3. The highest BCUT2D eigenvalue weighted by atomic mass is 16.6. The van der Waals surface area contributed by atoms with E-state index in [0.29, 0.717) is 19.3 Å². The Morgan fingerprint density at radius 2 is 0.500 bits per heavy atom. The maximum atomic E-state index is 12.9. The highest BCUT2D eigenvalue weighted by Crippen LogP contribution is 2.17. The molecular formula is C72H126O6. The lowest BCUT2D eigenvalue weighted by atomic mass is 10.0. The SMILES string of the molecule is CC/C=C\C/C=C\C/C=C\C/C=C\C/C=C\C/C=C\CCCCCCCCCCCCCCCCC(=O)OCC(COC(=O)CCCCCCC/C=C\CCCCCC)OC(=O)CCCCCCCCCCCCCCCC. The van der Waals surface area contributed by atoms with Crippen LogP contribution in [0.5, 0.6) is 0 Å². The van der Waals surface area contributed by atoms with Crippen molar-refractivity contribution in [1.82, 2.24) is 0 Å². The molecule has 0 rings (SSSR count). The van der Waals surface area contributed by atoms with Crippen molar-refractivity contribution in [2.45, 2.75) is 341 Å². The average molecular weight is 1090 g/mol. The maximum absolute atomic E-state index is 12.9. The predicted molar refractivity (Wildman–Crippen MR) is 339 cm³/mol. The largest absolute Gasteiger partial charge is 0.462 e. The second kappa shape index (κ2) is 66.1. The van der Waals surface area contributed by atoms with Gasteiger partial charge in [0.15, 0.2) is 6.10 Å². The van der Waals surface area contributed by atoms with Gasteiger partial charge < -0.3 is 14.2 Å². The van der Waals surface area contributed by atoms with E-state index in [2.05, 4.69) is 106 Å². The first-order valence-corrected chi connectivity index (χ1v) is 33.6. The van der Waals surface area contributed by atoms with Crippen molar-refractivity contribution in [3.05, 3.63) is 85.1 Å². The second-order valence-corrected chi connectivity index (χ2v) is 22.4. The van der Waals surface area contributed by atoms with Gasteiger partial charge in [-0.05, 0) is 96.3 Å². The van der Waals surface area contributed by atoms with Crippen molar-refractivity contribution < 1.29 is 28.6 Å². The second-order valence-electron chi connectivity index (χ2n) is 22.4. The van der Waals surface area contributed by atoms with Crippen LogP contribution >= 0.6 is 0 Å². The van der Waals surface area contributed by atoms with E-state index in [9.17, 15) is 14.4 Å². The summed E-state index contributed by atoms with van der Waals surface area (Å²) in [5, 5.41) is 0. The lowest BCUT2D eigenvalue weighted by Crippen LogP contribution is -2.30. The van der Waals surface area contributed by atoms with Crippen LogP contribution in [0.15, 0.2) is 85.1 Å². The minimum Gasteiger partial charge on any atom is -0.462 e. The summed E-state index contributed by atoms with van der Waals surface area (Å²) in [7, 11) is 0. The zero-order valence-corrected chi connectivity index (χ0v) is 51.7. The number of unbranched alkanes of at least 4 members (excludes halogenated alkanes) is 36. The molecule has 0 fully saturated rings. The number of carbonyl (C=O) groups is 3. The molecule has 0 aromatic rings. The third-order valence-corrected chi connectivity index (χ3v) is 14.6. The standard InChI is InChI=1S/C72H126O6/c1-4-7-10-13-16-19-22-25-27-28-29-30-31-32-33-34-35-36-37-38-39-40-41-42-43-44-45-48-50-53-56-59-62-65-71(74)77-68-69(67-76-70(73)64-61-58-55-52-49-46-24-21-18-15-12-9-6-3)78-72(75)66-63-60-57-54-51-47-26-23-20-17-14-11-8-5-2/h7,10,16,19,21,24-25,27,29-30,32-33,35-36,69H,4-6,8-9,11-15,17-18,20,22-23,26,28,31,34,37-68H2,1-3H3/b10-7-,19-16-,24-21-,27-25-,30-29-,33-32-,36-35-. The zero-order valence-electron chi connectivity index (χ0n) is 51.7. The van der Waals surface area contributed by atoms with Crippen LogP contribution < -0.4 is 0 Å². The van der Waals surface area contributed by atoms with E-state index in [-0.39, 0.29) is 31.1 Å². The number of hydrogen-bond acceptors (Lipinski definition) is 6. The van der Waals surface area contributed by atoms with E-state index in [4.69, 9.17) is 14.2 Å². The van der Waals surface area contributed by atoms with Gasteiger partial charge in [-0.15, -0.1) is 0 Å². The van der Waals surface area contributed by atoms with Gasteiger partial charge in [0.25, 0.3) is 0 Å². The molecule has 0 amide bonds. The third kappa shape index (κ3) is 63.4. The van der Waals surface area contributed by atoms with Crippen LogP contribution in [0.25, 0.3) is 0 Å². The van der Waals surface area contributed by atoms with Gasteiger partial charge in [-0.2, -0.15) is 0 Å². The molecule has 0 aromatic heterocycles. The summed E-state index contributed by atoms with van der Waals surface area (Å²) in [6, 6.07) is 0. The van der Waals surface area contributed by atoms with E-state index >= 15 is 0 Å². The monoisotopic (exact) mass is 1090 g/mol. The van der Waals surface area contributed by atoms with Crippen LogP contribution in [0.1, 0.15) is 335 Å². The molecule has 6 heteroatoms. The van der Waals surface area contributed by atoms with Crippen LogP contribution in [0.4, 0.5) is 0 Å². The molecule has 0 saturated heterocycles. The molecule has 0 radical (unpaired) electrons. The number of hydrogen-bond donors (Lipinski definition) is 0. The molecule has 0 aliphatic carbocycles. The molecule has 0 aliphatic rings. The van der Waals surface area contributed by atoms with E-state index in [0.717, 1.165) is 103 Å². The van der Waals surface area contributed by atoms with Gasteiger partial charge in [-0.25, -0.2) is 0 Å². The predicted octanol–water partition coefficient (Wildman–Crippen LogP) is 23.1. The fourth-order valence-corrected chi connectivity index (χ4v) is 9.62. The minimum absolute atomic E-state index is 0.0746. The first-order chi connectivity index (χ1) is 38.5. The summed E-state index contributed by atoms with van der Waals surface area (Å²) in [5.41, 5.74) is 0. The molecule has 0 aliphatic heterocycles. The fraction of sp³-hybridized carbons (Fsp3) is 0.764. The molecule has 0 spiro atoms. The molecule has 450 valence electrons. The Hall–Kier alpha value is -3.41. The summed E-state index contributed by atoms with van der Waals surface area (Å²) < 4.78 is 16.9. The normalized spacial score (nSPS) is 12.6. The van der Waals surface area contributed by atoms with Crippen molar-refractivity contribution >= 4 is 17.9 Å². The molecule has 1 unspecified atom stereocenters. The van der Waals surface area contributed by atoms with Crippen LogP contribution in [-0.2, 0) is 28.6 Å². The third-order valence-electron chi connectivity index (χ3n) is 14.6. The van der Waals surface area contributed by atoms with Crippen LogP contribution in [0.3, 0.4) is 0 Å². The van der Waals surface area contributed by atoms with Crippen molar-refractivity contribution in [3.63, 3.8) is 0 Å². The lowest BCUT2D eigenvalue weighted by molar-refractivity contribution is -0.167. The smallest absolute Gasteiger partial charge is 0.306 e. The van der Waals surface area contributed by atoms with Crippen LogP contribution in [-0.4, -0.2) is 37.2 Å². The number of rotatable bonds is 61. The Bertz CT molecular complexity index is 1480. The fourth-order valence-electron chi connectivity index (χ4n) is 9.62. The molecule has 0 aromatic carbocycles. The van der Waals surface area contributed by atoms with Crippen LogP contribution in [0.2, 0.25) is 0 Å². The van der Waals surface area contributed by atoms with E-state index in [1.54, 1.807) is 0 Å². The molecule has 0 saturated carbocycles. The van der Waals surface area contributed by atoms with Gasteiger partial charge in [0.05, 0.1) is 0 Å². The number of carbonyl (C=O) groups excluding carboxylic acids is 3. The first-order valence-electron chi connectivity index (χ1n) is 33.6. The summed E-state index contributed by atoms with van der Waals surface area (Å²) in [6.45, 7) is 6.54. The zero-order chi connectivity index (χ0) is 56.4. The first kappa shape index (κ1) is 74.6. The topological polar surface area (TPSA) is 78.9 Å². The van der Waals surface area contributed by atoms with Gasteiger partial charge in [0.1, 0.15) is 13.2 Å². The summed E-state index contributed by atoms with van der Waals surface area (Å²) in [6.07, 6.45) is 87.5. The van der Waals surface area contributed by atoms with Crippen molar-refractivity contribution in [2.24, 2.45) is 0 Å². The Morgan fingerprint density at radius 3 is 0.808 bits per heavy atom. The highest BCUT2D eigenvalue weighted by Gasteiger charge is 2.19. The van der Waals surface area contributed by atoms with E-state index in [1.165, 1.54) is 193 Å². The minimum atomic E-state index is -0.777. The van der Waals surface area contributed by atoms with Gasteiger partial charge in [0, 0.05) is 19.3 Å². The molecule has 1 atom stereocenters. The Morgan fingerprint density at radius 1 is 0.269 bits per heavy atom. The van der Waals surface area contributed by atoms with Crippen molar-refractivity contribution in [2.75, 3.05) is 13.2 Å². The van der Waals surface area contributed by atoms with E-state index < -0.39 is 6.10 Å². The van der Waals surface area contributed by atoms with Gasteiger partial charge >= 0.3 is 17.9 Å². The van der Waals surface area contributed by atoms with Crippen LogP contribution in [0, 0.1) is 0 Å².